The van der Waals surface area contributed by atoms with Gasteiger partial charge in [0.2, 0.25) is 6.79 Å². The van der Waals surface area contributed by atoms with E-state index >= 15 is 0 Å². The normalized spacial score (nSPS) is 13.2. The van der Waals surface area contributed by atoms with Gasteiger partial charge in [-0.15, -0.1) is 0 Å². The topological polar surface area (TPSA) is 73.9 Å². The van der Waals surface area contributed by atoms with Crippen molar-refractivity contribution in [3.05, 3.63) is 54.1 Å². The molecule has 1 aliphatic rings. The average Bonchev–Trinajstić information content (AvgIpc) is 3.08. The summed E-state index contributed by atoms with van der Waals surface area (Å²) in [7, 11) is 0. The van der Waals surface area contributed by atoms with Crippen molar-refractivity contribution in [3.63, 3.8) is 0 Å². The maximum atomic E-state index is 12.1. The van der Waals surface area contributed by atoms with Crippen molar-refractivity contribution in [1.29, 1.82) is 0 Å². The van der Waals surface area contributed by atoms with E-state index in [1.54, 1.807) is 18.2 Å². The molecule has 130 valence electrons. The zero-order chi connectivity index (χ0) is 17.6. The molecule has 2 aromatic carbocycles. The van der Waals surface area contributed by atoms with E-state index in [9.17, 15) is 9.59 Å². The highest BCUT2D eigenvalue weighted by Gasteiger charge is 2.18. The van der Waals surface area contributed by atoms with Crippen molar-refractivity contribution < 1.29 is 23.8 Å². The smallest absolute Gasteiger partial charge is 0.258 e. The van der Waals surface area contributed by atoms with Crippen molar-refractivity contribution in [2.24, 2.45) is 0 Å². The van der Waals surface area contributed by atoms with Crippen LogP contribution in [0.1, 0.15) is 12.5 Å². The molecule has 6 nitrogen and oxygen atoms in total. The number of benzene rings is 2. The number of fused-ring (bicyclic) bond motifs is 1. The van der Waals surface area contributed by atoms with Crippen molar-refractivity contribution >= 4 is 11.7 Å². The molecule has 3 rings (SSSR count). The van der Waals surface area contributed by atoms with Crippen LogP contribution in [-0.4, -0.2) is 31.1 Å². The zero-order valence-corrected chi connectivity index (χ0v) is 13.9. The molecule has 0 bridgehead atoms. The van der Waals surface area contributed by atoms with E-state index in [4.69, 9.17) is 14.2 Å². The summed E-state index contributed by atoms with van der Waals surface area (Å²) in [6, 6.07) is 14.1. The summed E-state index contributed by atoms with van der Waals surface area (Å²) < 4.78 is 15.9. The van der Waals surface area contributed by atoms with Gasteiger partial charge in [0.15, 0.2) is 23.9 Å². The quantitative estimate of drug-likeness (QED) is 0.835. The largest absolute Gasteiger partial charge is 0.484 e. The van der Waals surface area contributed by atoms with Crippen LogP contribution >= 0.6 is 0 Å². The fourth-order valence-electron chi connectivity index (χ4n) is 2.50. The molecule has 1 heterocycles. The van der Waals surface area contributed by atoms with Crippen LogP contribution in [0.3, 0.4) is 0 Å². The van der Waals surface area contributed by atoms with Crippen LogP contribution in [0.25, 0.3) is 0 Å². The number of Topliss-reactive ketones (excluding diaryl/α,β-unsaturated/α-hetero) is 1. The first-order valence-corrected chi connectivity index (χ1v) is 7.98. The van der Waals surface area contributed by atoms with E-state index in [0.29, 0.717) is 23.7 Å². The van der Waals surface area contributed by atoms with Crippen molar-refractivity contribution in [1.82, 2.24) is 5.32 Å². The van der Waals surface area contributed by atoms with Gasteiger partial charge in [0.1, 0.15) is 5.75 Å². The fourth-order valence-corrected chi connectivity index (χ4v) is 2.50. The lowest BCUT2D eigenvalue weighted by molar-refractivity contribution is -0.128. The first kappa shape index (κ1) is 16.8. The summed E-state index contributed by atoms with van der Waals surface area (Å²) in [5.74, 6) is 1.29. The van der Waals surface area contributed by atoms with Gasteiger partial charge in [-0.25, -0.2) is 0 Å². The van der Waals surface area contributed by atoms with Crippen molar-refractivity contribution in [3.8, 4) is 17.2 Å². The minimum Gasteiger partial charge on any atom is -0.484 e. The third-order valence-electron chi connectivity index (χ3n) is 3.82. The summed E-state index contributed by atoms with van der Waals surface area (Å²) in [5, 5.41) is 2.72. The predicted octanol–water partition coefficient (Wildman–Crippen LogP) is 2.11. The molecule has 1 aliphatic heterocycles. The number of rotatable bonds is 7. The van der Waals surface area contributed by atoms with E-state index in [1.165, 1.54) is 6.92 Å². The first-order chi connectivity index (χ1) is 12.1. The summed E-state index contributed by atoms with van der Waals surface area (Å²) in [6.07, 6.45) is 0.450. The Morgan fingerprint density at radius 3 is 2.64 bits per heavy atom. The first-order valence-electron chi connectivity index (χ1n) is 7.98. The lowest BCUT2D eigenvalue weighted by Crippen LogP contribution is -2.43. The molecular weight excluding hydrogens is 322 g/mol. The number of ketones is 1. The molecule has 1 amide bonds. The number of ether oxygens (including phenoxy) is 3. The minimum atomic E-state index is -0.574. The van der Waals surface area contributed by atoms with Crippen molar-refractivity contribution in [2.45, 2.75) is 19.4 Å². The monoisotopic (exact) mass is 341 g/mol. The molecule has 0 unspecified atom stereocenters. The molecule has 0 saturated carbocycles. The SMILES string of the molecule is CC(=O)[C@H](Cc1ccccc1)NC(=O)COc1ccc2c(c1)OCO2. The summed E-state index contributed by atoms with van der Waals surface area (Å²) in [4.78, 5) is 23.9. The summed E-state index contributed by atoms with van der Waals surface area (Å²) in [6.45, 7) is 1.46. The summed E-state index contributed by atoms with van der Waals surface area (Å²) >= 11 is 0. The van der Waals surface area contributed by atoms with Gasteiger partial charge in [0.05, 0.1) is 6.04 Å². The molecule has 1 N–H and O–H groups in total. The molecule has 25 heavy (non-hydrogen) atoms. The highest BCUT2D eigenvalue weighted by molar-refractivity contribution is 5.88. The maximum absolute atomic E-state index is 12.1. The lowest BCUT2D eigenvalue weighted by Gasteiger charge is -2.16. The van der Waals surface area contributed by atoms with Crippen LogP contribution < -0.4 is 19.5 Å². The highest BCUT2D eigenvalue weighted by Crippen LogP contribution is 2.34. The van der Waals surface area contributed by atoms with E-state index in [1.807, 2.05) is 30.3 Å². The molecular formula is C19H19NO5. The maximum Gasteiger partial charge on any atom is 0.258 e. The number of carbonyl (C=O) groups excluding carboxylic acids is 2. The molecule has 6 heteroatoms. The molecule has 0 spiro atoms. The molecule has 0 radical (unpaired) electrons. The third kappa shape index (κ3) is 4.50. The second kappa shape index (κ2) is 7.70. The Morgan fingerprint density at radius 1 is 1.12 bits per heavy atom. The molecule has 0 fully saturated rings. The van der Waals surface area contributed by atoms with E-state index in [2.05, 4.69) is 5.32 Å². The Morgan fingerprint density at radius 2 is 1.88 bits per heavy atom. The number of amides is 1. The van der Waals surface area contributed by atoms with Gasteiger partial charge in [-0.05, 0) is 31.0 Å². The second-order valence-electron chi connectivity index (χ2n) is 5.72. The standard InChI is InChI=1S/C19H19NO5/c1-13(21)16(9-14-5-3-2-4-6-14)20-19(22)11-23-15-7-8-17-18(10-15)25-12-24-17/h2-8,10,16H,9,11-12H2,1H3,(H,20,22)/t16-/m0/s1. The molecule has 0 saturated heterocycles. The Balaban J connectivity index is 1.54. The van der Waals surface area contributed by atoms with Gasteiger partial charge in [-0.3, -0.25) is 9.59 Å². The van der Waals surface area contributed by atoms with Gasteiger partial charge in [-0.1, -0.05) is 30.3 Å². The Hall–Kier alpha value is -3.02. The number of nitrogens with one attached hydrogen (secondary N) is 1. The van der Waals surface area contributed by atoms with Crippen molar-refractivity contribution in [2.75, 3.05) is 13.4 Å². The lowest BCUT2D eigenvalue weighted by atomic mass is 10.0. The number of hydrogen-bond donors (Lipinski definition) is 1. The number of carbonyl (C=O) groups is 2. The third-order valence-corrected chi connectivity index (χ3v) is 3.82. The van der Waals surface area contributed by atoms with E-state index < -0.39 is 6.04 Å². The molecule has 0 aliphatic carbocycles. The second-order valence-corrected chi connectivity index (χ2v) is 5.72. The Kier molecular flexibility index (Phi) is 5.18. The zero-order valence-electron chi connectivity index (χ0n) is 13.9. The van der Waals surface area contributed by atoms with Crippen LogP contribution in [0.5, 0.6) is 17.2 Å². The summed E-state index contributed by atoms with van der Waals surface area (Å²) in [5.41, 5.74) is 0.986. The van der Waals surface area contributed by atoms with Gasteiger partial charge >= 0.3 is 0 Å². The van der Waals surface area contributed by atoms with Crippen LogP contribution in [0.4, 0.5) is 0 Å². The fraction of sp³-hybridized carbons (Fsp3) is 0.263. The highest BCUT2D eigenvalue weighted by atomic mass is 16.7. The molecule has 0 aromatic heterocycles. The van der Waals surface area contributed by atoms with Gasteiger partial charge in [-0.2, -0.15) is 0 Å². The van der Waals surface area contributed by atoms with Gasteiger partial charge in [0, 0.05) is 6.07 Å². The van der Waals surface area contributed by atoms with Crippen LogP contribution in [-0.2, 0) is 16.0 Å². The van der Waals surface area contributed by atoms with E-state index in [0.717, 1.165) is 5.56 Å². The van der Waals surface area contributed by atoms with Crippen LogP contribution in [0.2, 0.25) is 0 Å². The molecule has 2 aromatic rings. The Labute approximate surface area is 145 Å². The predicted molar refractivity (Wildman–Crippen MR) is 90.8 cm³/mol. The average molecular weight is 341 g/mol. The molecule has 1 atom stereocenters. The van der Waals surface area contributed by atoms with Gasteiger partial charge in [0.25, 0.3) is 5.91 Å². The Bertz CT molecular complexity index is 760. The van der Waals surface area contributed by atoms with Crippen LogP contribution in [0.15, 0.2) is 48.5 Å². The number of hydrogen-bond acceptors (Lipinski definition) is 5. The van der Waals surface area contributed by atoms with E-state index in [-0.39, 0.29) is 25.1 Å². The van der Waals surface area contributed by atoms with Gasteiger partial charge < -0.3 is 19.5 Å². The minimum absolute atomic E-state index is 0.0970. The van der Waals surface area contributed by atoms with Crippen LogP contribution in [0, 0.1) is 0 Å².